The van der Waals surface area contributed by atoms with E-state index in [9.17, 15) is 19.2 Å². The molecule has 7 heteroatoms. The van der Waals surface area contributed by atoms with Crippen LogP contribution in [0.25, 0.3) is 0 Å². The number of hydrogen-bond donors (Lipinski definition) is 1. The highest BCUT2D eigenvalue weighted by molar-refractivity contribution is 6.04. The monoisotopic (exact) mass is 380 g/mol. The van der Waals surface area contributed by atoms with Gasteiger partial charge in [0.2, 0.25) is 11.8 Å². The average Bonchev–Trinajstić information content (AvgIpc) is 3.10. The molecule has 1 aliphatic rings. The average molecular weight is 380 g/mol. The smallest absolute Gasteiger partial charge is 0.337 e. The highest BCUT2D eigenvalue weighted by atomic mass is 16.5. The molecule has 2 aromatic rings. The van der Waals surface area contributed by atoms with E-state index in [0.717, 1.165) is 0 Å². The minimum absolute atomic E-state index is 0.0465. The Kier molecular flexibility index (Phi) is 5.54. The van der Waals surface area contributed by atoms with Crippen LogP contribution in [0.5, 0.6) is 0 Å². The van der Waals surface area contributed by atoms with Crippen LogP contribution in [-0.4, -0.2) is 37.2 Å². The van der Waals surface area contributed by atoms with Gasteiger partial charge in [-0.25, -0.2) is 4.79 Å². The van der Waals surface area contributed by atoms with Crippen LogP contribution in [0, 0.1) is 5.92 Å². The molecular formula is C21H20N2O5. The summed E-state index contributed by atoms with van der Waals surface area (Å²) in [7, 11) is 1.30. The lowest BCUT2D eigenvalue weighted by molar-refractivity contribution is -0.122. The summed E-state index contributed by atoms with van der Waals surface area (Å²) in [6, 6.07) is 13.1. The van der Waals surface area contributed by atoms with Crippen molar-refractivity contribution in [2.45, 2.75) is 13.3 Å². The number of carbonyl (C=O) groups excluding carboxylic acids is 4. The van der Waals surface area contributed by atoms with Gasteiger partial charge < -0.3 is 15.0 Å². The Hall–Kier alpha value is -3.48. The van der Waals surface area contributed by atoms with Crippen LogP contribution in [0.3, 0.4) is 0 Å². The largest absolute Gasteiger partial charge is 0.465 e. The quantitative estimate of drug-likeness (QED) is 0.636. The zero-order valence-electron chi connectivity index (χ0n) is 15.6. The summed E-state index contributed by atoms with van der Waals surface area (Å²) < 4.78 is 4.64. The van der Waals surface area contributed by atoms with Gasteiger partial charge in [0, 0.05) is 29.9 Å². The fourth-order valence-corrected chi connectivity index (χ4v) is 3.06. The molecule has 2 aromatic carbocycles. The molecule has 144 valence electrons. The number of carbonyl (C=O) groups is 4. The molecule has 1 saturated heterocycles. The van der Waals surface area contributed by atoms with Crippen LogP contribution in [0.1, 0.15) is 34.1 Å². The Labute approximate surface area is 162 Å². The molecule has 1 fully saturated rings. The molecule has 1 N–H and O–H groups in total. The summed E-state index contributed by atoms with van der Waals surface area (Å²) in [5.74, 6) is -1.39. The summed E-state index contributed by atoms with van der Waals surface area (Å²) in [6.45, 7) is 1.75. The SMILES string of the molecule is COC(=O)c1ccc(NC(=O)C2CC(=O)N(c3ccc(C(C)=O)cc3)C2)cc1. The van der Waals surface area contributed by atoms with E-state index in [1.54, 1.807) is 53.4 Å². The zero-order valence-corrected chi connectivity index (χ0v) is 15.6. The lowest BCUT2D eigenvalue weighted by atomic mass is 10.1. The predicted octanol–water partition coefficient (Wildman–Crippen LogP) is 2.67. The molecule has 3 rings (SSSR count). The molecule has 1 atom stereocenters. The van der Waals surface area contributed by atoms with Gasteiger partial charge in [-0.1, -0.05) is 0 Å². The molecule has 1 unspecified atom stereocenters. The fourth-order valence-electron chi connectivity index (χ4n) is 3.06. The van der Waals surface area contributed by atoms with E-state index in [-0.39, 0.29) is 30.6 Å². The van der Waals surface area contributed by atoms with Crippen molar-refractivity contribution in [3.63, 3.8) is 0 Å². The molecule has 0 spiro atoms. The van der Waals surface area contributed by atoms with Crippen molar-refractivity contribution in [2.24, 2.45) is 5.92 Å². The number of esters is 1. The second-order valence-electron chi connectivity index (χ2n) is 6.57. The van der Waals surface area contributed by atoms with Gasteiger partial charge in [0.25, 0.3) is 0 Å². The van der Waals surface area contributed by atoms with Crippen LogP contribution in [-0.2, 0) is 14.3 Å². The van der Waals surface area contributed by atoms with E-state index < -0.39 is 11.9 Å². The maximum Gasteiger partial charge on any atom is 0.337 e. The number of hydrogen-bond acceptors (Lipinski definition) is 5. The van der Waals surface area contributed by atoms with E-state index in [1.807, 2.05) is 0 Å². The standard InChI is InChI=1S/C21H20N2O5/c1-13(24)14-5-9-18(10-6-14)23-12-16(11-19(23)25)20(26)22-17-7-3-15(4-8-17)21(27)28-2/h3-10,16H,11-12H2,1-2H3,(H,22,26). The Morgan fingerprint density at radius 2 is 1.61 bits per heavy atom. The van der Waals surface area contributed by atoms with Crippen molar-refractivity contribution in [3.05, 3.63) is 59.7 Å². The van der Waals surface area contributed by atoms with Gasteiger partial charge in [-0.15, -0.1) is 0 Å². The van der Waals surface area contributed by atoms with E-state index in [2.05, 4.69) is 10.1 Å². The van der Waals surface area contributed by atoms with Crippen molar-refractivity contribution < 1.29 is 23.9 Å². The van der Waals surface area contributed by atoms with E-state index in [1.165, 1.54) is 14.0 Å². The van der Waals surface area contributed by atoms with Crippen molar-refractivity contribution in [1.82, 2.24) is 0 Å². The number of anilines is 2. The van der Waals surface area contributed by atoms with Crippen molar-refractivity contribution >= 4 is 34.9 Å². The van der Waals surface area contributed by atoms with Gasteiger partial charge in [-0.2, -0.15) is 0 Å². The number of rotatable bonds is 5. The van der Waals surface area contributed by atoms with Gasteiger partial charge >= 0.3 is 5.97 Å². The topological polar surface area (TPSA) is 92.8 Å². The number of ether oxygens (including phenoxy) is 1. The normalized spacial score (nSPS) is 16.0. The Morgan fingerprint density at radius 1 is 1.00 bits per heavy atom. The summed E-state index contributed by atoms with van der Waals surface area (Å²) in [5, 5.41) is 2.77. The minimum atomic E-state index is -0.486. The molecule has 0 bridgehead atoms. The van der Waals surface area contributed by atoms with E-state index >= 15 is 0 Å². The van der Waals surface area contributed by atoms with Crippen LogP contribution in [0.15, 0.2) is 48.5 Å². The van der Waals surface area contributed by atoms with Crippen molar-refractivity contribution in [3.8, 4) is 0 Å². The number of ketones is 1. The van der Waals surface area contributed by atoms with Gasteiger partial charge in [-0.05, 0) is 55.5 Å². The summed E-state index contributed by atoms with van der Waals surface area (Å²) in [6.07, 6.45) is 0.112. The van der Waals surface area contributed by atoms with Gasteiger partial charge in [0.05, 0.1) is 18.6 Å². The first-order valence-corrected chi connectivity index (χ1v) is 8.79. The maximum atomic E-state index is 12.5. The van der Waals surface area contributed by atoms with Crippen LogP contribution in [0.4, 0.5) is 11.4 Å². The second kappa shape index (κ2) is 8.04. The third-order valence-corrected chi connectivity index (χ3v) is 4.65. The Bertz CT molecular complexity index is 919. The zero-order chi connectivity index (χ0) is 20.3. The third-order valence-electron chi connectivity index (χ3n) is 4.65. The predicted molar refractivity (Wildman–Crippen MR) is 103 cm³/mol. The number of nitrogens with zero attached hydrogens (tertiary/aromatic N) is 1. The second-order valence-corrected chi connectivity index (χ2v) is 6.57. The first-order valence-electron chi connectivity index (χ1n) is 8.79. The lowest BCUT2D eigenvalue weighted by Crippen LogP contribution is -2.28. The lowest BCUT2D eigenvalue weighted by Gasteiger charge is -2.17. The van der Waals surface area contributed by atoms with Crippen molar-refractivity contribution in [1.29, 1.82) is 0 Å². The van der Waals surface area contributed by atoms with E-state index in [0.29, 0.717) is 22.5 Å². The first-order chi connectivity index (χ1) is 13.4. The van der Waals surface area contributed by atoms with Gasteiger partial charge in [-0.3, -0.25) is 14.4 Å². The maximum absolute atomic E-state index is 12.5. The highest BCUT2D eigenvalue weighted by Gasteiger charge is 2.35. The van der Waals surface area contributed by atoms with Crippen LogP contribution in [0.2, 0.25) is 0 Å². The molecule has 7 nitrogen and oxygen atoms in total. The molecule has 0 radical (unpaired) electrons. The Morgan fingerprint density at radius 3 is 2.18 bits per heavy atom. The summed E-state index contributed by atoms with van der Waals surface area (Å²) >= 11 is 0. The van der Waals surface area contributed by atoms with Crippen LogP contribution >= 0.6 is 0 Å². The highest BCUT2D eigenvalue weighted by Crippen LogP contribution is 2.26. The fraction of sp³-hybridized carbons (Fsp3) is 0.238. The van der Waals surface area contributed by atoms with Gasteiger partial charge in [0.1, 0.15) is 0 Å². The summed E-state index contributed by atoms with van der Waals surface area (Å²) in [5.41, 5.74) is 2.15. The number of nitrogens with one attached hydrogen (secondary N) is 1. The minimum Gasteiger partial charge on any atom is -0.465 e. The molecule has 1 aliphatic heterocycles. The molecule has 28 heavy (non-hydrogen) atoms. The number of Topliss-reactive ketones (excluding diaryl/α,β-unsaturated/α-hetero) is 1. The molecule has 0 aliphatic carbocycles. The van der Waals surface area contributed by atoms with E-state index in [4.69, 9.17) is 0 Å². The molecule has 0 aromatic heterocycles. The van der Waals surface area contributed by atoms with Crippen LogP contribution < -0.4 is 10.2 Å². The molecule has 1 heterocycles. The Balaban J connectivity index is 1.65. The molecule has 2 amide bonds. The molecule has 0 saturated carbocycles. The summed E-state index contributed by atoms with van der Waals surface area (Å²) in [4.78, 5) is 49.2. The number of methoxy groups -OCH3 is 1. The van der Waals surface area contributed by atoms with Gasteiger partial charge in [0.15, 0.2) is 5.78 Å². The third kappa shape index (κ3) is 4.09. The van der Waals surface area contributed by atoms with Crippen molar-refractivity contribution in [2.75, 3.05) is 23.9 Å². The number of amides is 2. The first kappa shape index (κ1) is 19.3. The number of benzene rings is 2. The molecular weight excluding hydrogens is 360 g/mol.